The van der Waals surface area contributed by atoms with Crippen molar-refractivity contribution in [3.8, 4) is 0 Å². The molecule has 2 heterocycles. The van der Waals surface area contributed by atoms with E-state index in [-0.39, 0.29) is 11.2 Å². The summed E-state index contributed by atoms with van der Waals surface area (Å²) in [5.74, 6) is -0.0884. The van der Waals surface area contributed by atoms with Gasteiger partial charge in [-0.15, -0.1) is 0 Å². The average Bonchev–Trinajstić information content (AvgIpc) is 2.91. The van der Waals surface area contributed by atoms with Crippen molar-refractivity contribution < 1.29 is 9.21 Å². The summed E-state index contributed by atoms with van der Waals surface area (Å²) in [5, 5.41) is 3.04. The number of hydrogen-bond acceptors (Lipinski definition) is 5. The molecular formula is C16H15N3O2S. The van der Waals surface area contributed by atoms with Crippen LogP contribution < -0.4 is 5.32 Å². The van der Waals surface area contributed by atoms with Gasteiger partial charge in [-0.1, -0.05) is 30.0 Å². The summed E-state index contributed by atoms with van der Waals surface area (Å²) in [4.78, 5) is 20.6. The van der Waals surface area contributed by atoms with Crippen molar-refractivity contribution in [3.05, 3.63) is 48.2 Å². The minimum atomic E-state index is -0.326. The Morgan fingerprint density at radius 2 is 2.09 bits per heavy atom. The monoisotopic (exact) mass is 313 g/mol. The minimum absolute atomic E-state index is 0.0884. The van der Waals surface area contributed by atoms with E-state index in [1.54, 1.807) is 18.3 Å². The van der Waals surface area contributed by atoms with Crippen molar-refractivity contribution in [3.63, 3.8) is 0 Å². The van der Waals surface area contributed by atoms with Crippen molar-refractivity contribution in [1.82, 2.24) is 9.97 Å². The minimum Gasteiger partial charge on any atom is -0.430 e. The van der Waals surface area contributed by atoms with Crippen LogP contribution in [0.5, 0.6) is 0 Å². The number of anilines is 1. The van der Waals surface area contributed by atoms with Gasteiger partial charge >= 0.3 is 0 Å². The van der Waals surface area contributed by atoms with Gasteiger partial charge < -0.3 is 9.73 Å². The Balaban J connectivity index is 1.69. The zero-order valence-electron chi connectivity index (χ0n) is 12.2. The van der Waals surface area contributed by atoms with E-state index in [1.165, 1.54) is 11.8 Å². The molecule has 1 N–H and O–H groups in total. The van der Waals surface area contributed by atoms with Crippen LogP contribution in [0, 0.1) is 6.92 Å². The summed E-state index contributed by atoms with van der Waals surface area (Å²) < 4.78 is 5.57. The zero-order chi connectivity index (χ0) is 15.5. The van der Waals surface area contributed by atoms with E-state index in [0.29, 0.717) is 16.5 Å². The molecule has 0 fully saturated rings. The van der Waals surface area contributed by atoms with Crippen LogP contribution in [0.1, 0.15) is 12.5 Å². The lowest BCUT2D eigenvalue weighted by atomic mass is 10.2. The molecule has 0 saturated carbocycles. The normalized spacial score (nSPS) is 12.3. The lowest BCUT2D eigenvalue weighted by Crippen LogP contribution is -2.22. The topological polar surface area (TPSA) is 68.0 Å². The molecule has 0 saturated heterocycles. The fourth-order valence-electron chi connectivity index (χ4n) is 1.95. The number of thioether (sulfide) groups is 1. The summed E-state index contributed by atoms with van der Waals surface area (Å²) in [6.07, 6.45) is 1.66. The number of rotatable bonds is 4. The second kappa shape index (κ2) is 6.19. The predicted octanol–water partition coefficient (Wildman–Crippen LogP) is 3.65. The number of aryl methyl sites for hydroxylation is 1. The highest BCUT2D eigenvalue weighted by Gasteiger charge is 2.18. The second-order valence-electron chi connectivity index (χ2n) is 4.87. The van der Waals surface area contributed by atoms with Crippen molar-refractivity contribution >= 4 is 34.6 Å². The number of oxazole rings is 1. The third-order valence-corrected chi connectivity index (χ3v) is 4.14. The standard InChI is InChI=1S/C16H15N3O2S/c1-10-6-3-4-7-12(10)18-15(20)11(2)22-16-19-14-13(21-16)8-5-9-17-14/h3-9,11H,1-2H3,(H,18,20)/t11-/m0/s1. The van der Waals surface area contributed by atoms with Gasteiger partial charge in [-0.25, -0.2) is 4.98 Å². The van der Waals surface area contributed by atoms with E-state index in [9.17, 15) is 4.79 Å². The number of carbonyl (C=O) groups excluding carboxylic acids is 1. The predicted molar refractivity (Wildman–Crippen MR) is 86.9 cm³/mol. The van der Waals surface area contributed by atoms with Crippen LogP contribution in [0.4, 0.5) is 5.69 Å². The van der Waals surface area contributed by atoms with E-state index < -0.39 is 0 Å². The first-order valence-corrected chi connectivity index (χ1v) is 7.76. The number of pyridine rings is 1. The highest BCUT2D eigenvalue weighted by atomic mass is 32.2. The van der Waals surface area contributed by atoms with Gasteiger partial charge in [0, 0.05) is 11.9 Å². The summed E-state index contributed by atoms with van der Waals surface area (Å²) in [5.41, 5.74) is 3.02. The van der Waals surface area contributed by atoms with Crippen molar-refractivity contribution in [2.75, 3.05) is 5.32 Å². The quantitative estimate of drug-likeness (QED) is 0.745. The average molecular weight is 313 g/mol. The first-order chi connectivity index (χ1) is 10.6. The van der Waals surface area contributed by atoms with Crippen LogP contribution in [0.25, 0.3) is 11.2 Å². The van der Waals surface area contributed by atoms with E-state index in [2.05, 4.69) is 15.3 Å². The van der Waals surface area contributed by atoms with Gasteiger partial charge in [0.2, 0.25) is 5.91 Å². The maximum Gasteiger partial charge on any atom is 0.259 e. The molecule has 0 unspecified atom stereocenters. The van der Waals surface area contributed by atoms with Crippen LogP contribution in [-0.4, -0.2) is 21.1 Å². The number of para-hydroxylation sites is 1. The van der Waals surface area contributed by atoms with Gasteiger partial charge in [-0.2, -0.15) is 4.98 Å². The fourth-order valence-corrected chi connectivity index (χ4v) is 2.70. The van der Waals surface area contributed by atoms with Gasteiger partial charge in [0.15, 0.2) is 11.2 Å². The van der Waals surface area contributed by atoms with Crippen LogP contribution in [-0.2, 0) is 4.79 Å². The first kappa shape index (κ1) is 14.6. The molecule has 0 bridgehead atoms. The van der Waals surface area contributed by atoms with E-state index in [1.807, 2.05) is 38.1 Å². The molecule has 6 heteroatoms. The number of fused-ring (bicyclic) bond motifs is 1. The van der Waals surface area contributed by atoms with Crippen molar-refractivity contribution in [1.29, 1.82) is 0 Å². The van der Waals surface area contributed by atoms with Crippen LogP contribution in [0.3, 0.4) is 0 Å². The van der Waals surface area contributed by atoms with E-state index in [4.69, 9.17) is 4.42 Å². The first-order valence-electron chi connectivity index (χ1n) is 6.88. The fraction of sp³-hybridized carbons (Fsp3) is 0.188. The molecule has 5 nitrogen and oxygen atoms in total. The Bertz CT molecular complexity index is 783. The molecule has 1 aromatic carbocycles. The molecule has 0 spiro atoms. The lowest BCUT2D eigenvalue weighted by Gasteiger charge is -2.11. The second-order valence-corrected chi connectivity index (χ2v) is 6.16. The zero-order valence-corrected chi connectivity index (χ0v) is 13.1. The molecular weight excluding hydrogens is 298 g/mol. The van der Waals surface area contributed by atoms with Gasteiger partial charge in [0.25, 0.3) is 5.22 Å². The largest absolute Gasteiger partial charge is 0.430 e. The molecule has 0 radical (unpaired) electrons. The lowest BCUT2D eigenvalue weighted by molar-refractivity contribution is -0.115. The Kier molecular flexibility index (Phi) is 4.11. The molecule has 0 aliphatic heterocycles. The summed E-state index contributed by atoms with van der Waals surface area (Å²) in [7, 11) is 0. The summed E-state index contributed by atoms with van der Waals surface area (Å²) in [6, 6.07) is 11.3. The SMILES string of the molecule is Cc1ccccc1NC(=O)[C@H](C)Sc1nc2ncccc2o1. The molecule has 22 heavy (non-hydrogen) atoms. The molecule has 112 valence electrons. The number of nitrogens with zero attached hydrogens (tertiary/aromatic N) is 2. The molecule has 0 aliphatic carbocycles. The molecule has 3 rings (SSSR count). The van der Waals surface area contributed by atoms with Crippen LogP contribution in [0.2, 0.25) is 0 Å². The van der Waals surface area contributed by atoms with Crippen LogP contribution >= 0.6 is 11.8 Å². The molecule has 1 amide bonds. The smallest absolute Gasteiger partial charge is 0.259 e. The van der Waals surface area contributed by atoms with Gasteiger partial charge in [-0.05, 0) is 37.6 Å². The number of aromatic nitrogens is 2. The van der Waals surface area contributed by atoms with Crippen molar-refractivity contribution in [2.24, 2.45) is 0 Å². The highest BCUT2D eigenvalue weighted by molar-refractivity contribution is 8.00. The third kappa shape index (κ3) is 3.12. The third-order valence-electron chi connectivity index (χ3n) is 3.20. The number of amides is 1. The van der Waals surface area contributed by atoms with Gasteiger partial charge in [0.1, 0.15) is 0 Å². The summed E-state index contributed by atoms with van der Waals surface area (Å²) >= 11 is 1.27. The molecule has 3 aromatic rings. The van der Waals surface area contributed by atoms with Crippen molar-refractivity contribution in [2.45, 2.75) is 24.3 Å². The Labute approximate surface area is 132 Å². The molecule has 1 atom stereocenters. The number of nitrogens with one attached hydrogen (secondary N) is 1. The van der Waals surface area contributed by atoms with Crippen LogP contribution in [0.15, 0.2) is 52.2 Å². The van der Waals surface area contributed by atoms with Gasteiger partial charge in [-0.3, -0.25) is 4.79 Å². The maximum absolute atomic E-state index is 12.3. The Morgan fingerprint density at radius 1 is 1.27 bits per heavy atom. The number of carbonyl (C=O) groups is 1. The molecule has 2 aromatic heterocycles. The highest BCUT2D eigenvalue weighted by Crippen LogP contribution is 2.26. The van der Waals surface area contributed by atoms with E-state index in [0.717, 1.165) is 11.3 Å². The number of benzene rings is 1. The number of hydrogen-bond donors (Lipinski definition) is 1. The Hall–Kier alpha value is -2.34. The maximum atomic E-state index is 12.3. The Morgan fingerprint density at radius 3 is 2.86 bits per heavy atom. The summed E-state index contributed by atoms with van der Waals surface area (Å²) in [6.45, 7) is 3.78. The molecule has 0 aliphatic rings. The van der Waals surface area contributed by atoms with E-state index >= 15 is 0 Å². The van der Waals surface area contributed by atoms with Gasteiger partial charge in [0.05, 0.1) is 5.25 Å².